The van der Waals surface area contributed by atoms with Crippen molar-refractivity contribution < 1.29 is 8.78 Å². The Kier molecular flexibility index (Phi) is 8.00. The average Bonchev–Trinajstić information content (AvgIpc) is 3.20. The van der Waals surface area contributed by atoms with E-state index in [-0.39, 0.29) is 35.7 Å². The Morgan fingerprint density at radius 2 is 1.90 bits per heavy atom. The average molecular weight is 537 g/mol. The van der Waals surface area contributed by atoms with E-state index in [0.717, 1.165) is 29.4 Å². The second-order valence-electron chi connectivity index (χ2n) is 7.33. The van der Waals surface area contributed by atoms with Gasteiger partial charge in [0.2, 0.25) is 0 Å². The van der Waals surface area contributed by atoms with Gasteiger partial charge in [0.05, 0.1) is 12.1 Å². The Labute approximate surface area is 198 Å². The zero-order valence-corrected chi connectivity index (χ0v) is 19.6. The van der Waals surface area contributed by atoms with Crippen LogP contribution < -0.4 is 15.5 Å². The maximum absolute atomic E-state index is 14.1. The number of hydrogen-bond acceptors (Lipinski definition) is 3. The predicted molar refractivity (Wildman–Crippen MR) is 132 cm³/mol. The molecule has 5 nitrogen and oxygen atoms in total. The first-order valence-corrected chi connectivity index (χ1v) is 10.2. The molecule has 3 aromatic rings. The summed E-state index contributed by atoms with van der Waals surface area (Å²) in [7, 11) is 0. The minimum absolute atomic E-state index is 0. The lowest BCUT2D eigenvalue weighted by Gasteiger charge is -2.21. The smallest absolute Gasteiger partial charge is 0.191 e. The largest absolute Gasteiger partial charge is 0.365 e. The second kappa shape index (κ2) is 10.7. The van der Waals surface area contributed by atoms with Crippen LogP contribution in [0.15, 0.2) is 59.7 Å². The van der Waals surface area contributed by atoms with Crippen LogP contribution in [0, 0.1) is 11.6 Å². The van der Waals surface area contributed by atoms with Crippen molar-refractivity contribution in [3.63, 3.8) is 0 Å². The third-order valence-electron chi connectivity index (χ3n) is 5.27. The van der Waals surface area contributed by atoms with Crippen LogP contribution in [0.1, 0.15) is 18.9 Å². The van der Waals surface area contributed by atoms with Gasteiger partial charge >= 0.3 is 0 Å². The third kappa shape index (κ3) is 5.41. The van der Waals surface area contributed by atoms with Crippen LogP contribution in [0.3, 0.4) is 0 Å². The zero-order valence-electron chi connectivity index (χ0n) is 17.3. The summed E-state index contributed by atoms with van der Waals surface area (Å²) in [5, 5.41) is 7.76. The second-order valence-corrected chi connectivity index (χ2v) is 7.33. The SMILES string of the molecule is CCNC(=NCc1ccnc2ccccc12)NC1CCN(c2c(F)cccc2F)C1.I. The predicted octanol–water partition coefficient (Wildman–Crippen LogP) is 4.47. The van der Waals surface area contributed by atoms with E-state index in [2.05, 4.69) is 15.6 Å². The number of hydrogen-bond donors (Lipinski definition) is 2. The van der Waals surface area contributed by atoms with Gasteiger partial charge in [0.15, 0.2) is 5.96 Å². The molecule has 1 unspecified atom stereocenters. The van der Waals surface area contributed by atoms with Gasteiger partial charge < -0.3 is 15.5 Å². The Morgan fingerprint density at radius 1 is 1.13 bits per heavy atom. The minimum Gasteiger partial charge on any atom is -0.365 e. The third-order valence-corrected chi connectivity index (χ3v) is 5.27. The number of nitrogens with one attached hydrogen (secondary N) is 2. The van der Waals surface area contributed by atoms with Crippen LogP contribution in [0.4, 0.5) is 14.5 Å². The number of aliphatic imine (C=N–C) groups is 1. The molecular weight excluding hydrogens is 511 g/mol. The van der Waals surface area contributed by atoms with Crippen molar-refractivity contribution >= 4 is 46.5 Å². The monoisotopic (exact) mass is 537 g/mol. The lowest BCUT2D eigenvalue weighted by Crippen LogP contribution is -2.44. The number of anilines is 1. The van der Waals surface area contributed by atoms with Crippen LogP contribution >= 0.6 is 24.0 Å². The van der Waals surface area contributed by atoms with Crippen LogP contribution in [-0.2, 0) is 6.54 Å². The molecule has 1 aliphatic heterocycles. The highest BCUT2D eigenvalue weighted by molar-refractivity contribution is 14.0. The number of fused-ring (bicyclic) bond motifs is 1. The van der Waals surface area contributed by atoms with Gasteiger partial charge in [-0.3, -0.25) is 4.98 Å². The lowest BCUT2D eigenvalue weighted by molar-refractivity contribution is 0.576. The van der Waals surface area contributed by atoms with E-state index < -0.39 is 11.6 Å². The quantitative estimate of drug-likeness (QED) is 0.287. The van der Waals surface area contributed by atoms with Gasteiger partial charge in [-0.05, 0) is 43.2 Å². The van der Waals surface area contributed by atoms with Crippen LogP contribution in [-0.4, -0.2) is 36.6 Å². The maximum Gasteiger partial charge on any atom is 0.191 e. The van der Waals surface area contributed by atoms with Gasteiger partial charge in [-0.15, -0.1) is 24.0 Å². The summed E-state index contributed by atoms with van der Waals surface area (Å²) in [6.07, 6.45) is 2.57. The molecule has 0 amide bonds. The van der Waals surface area contributed by atoms with Gasteiger partial charge in [-0.2, -0.15) is 0 Å². The van der Waals surface area contributed by atoms with Crippen LogP contribution in [0.25, 0.3) is 10.9 Å². The molecule has 0 saturated carbocycles. The molecule has 0 spiro atoms. The van der Waals surface area contributed by atoms with E-state index in [1.54, 1.807) is 11.1 Å². The molecule has 0 radical (unpaired) electrons. The highest BCUT2D eigenvalue weighted by atomic mass is 127. The fourth-order valence-corrected chi connectivity index (χ4v) is 3.84. The van der Waals surface area contributed by atoms with E-state index in [1.165, 1.54) is 18.2 Å². The Balaban J connectivity index is 0.00000272. The number of pyridine rings is 1. The van der Waals surface area contributed by atoms with E-state index in [4.69, 9.17) is 4.99 Å². The van der Waals surface area contributed by atoms with Gasteiger partial charge in [0.25, 0.3) is 0 Å². The van der Waals surface area contributed by atoms with Crippen molar-refractivity contribution in [2.24, 2.45) is 4.99 Å². The first kappa shape index (κ1) is 23.2. The molecule has 164 valence electrons. The molecule has 4 rings (SSSR count). The van der Waals surface area contributed by atoms with E-state index in [1.807, 2.05) is 37.3 Å². The molecule has 1 aromatic heterocycles. The molecule has 2 aromatic carbocycles. The standard InChI is InChI=1S/C23H25F2N5.HI/c1-2-26-23(28-14-16-10-12-27-21-9-4-3-6-18(16)21)29-17-11-13-30(15-17)22-19(24)7-5-8-20(22)25;/h3-10,12,17H,2,11,13-15H2,1H3,(H2,26,28,29);1H. The molecule has 1 atom stereocenters. The van der Waals surface area contributed by atoms with Gasteiger partial charge in [0.1, 0.15) is 17.3 Å². The molecule has 1 saturated heterocycles. The van der Waals surface area contributed by atoms with Crippen molar-refractivity contribution in [1.82, 2.24) is 15.6 Å². The number of guanidine groups is 1. The molecule has 1 fully saturated rings. The summed E-state index contributed by atoms with van der Waals surface area (Å²) < 4.78 is 28.2. The summed E-state index contributed by atoms with van der Waals surface area (Å²) in [5.41, 5.74) is 2.09. The van der Waals surface area contributed by atoms with E-state index in [0.29, 0.717) is 25.6 Å². The Morgan fingerprint density at radius 3 is 2.68 bits per heavy atom. The summed E-state index contributed by atoms with van der Waals surface area (Å²) in [6.45, 7) is 4.34. The summed E-state index contributed by atoms with van der Waals surface area (Å²) >= 11 is 0. The molecule has 2 heterocycles. The molecule has 0 aliphatic carbocycles. The summed E-state index contributed by atoms with van der Waals surface area (Å²) in [4.78, 5) is 10.9. The number of benzene rings is 2. The highest BCUT2D eigenvalue weighted by Crippen LogP contribution is 2.26. The number of para-hydroxylation sites is 2. The normalized spacial score (nSPS) is 16.3. The molecule has 1 aliphatic rings. The van der Waals surface area contributed by atoms with Crippen molar-refractivity contribution in [2.75, 3.05) is 24.5 Å². The Hall–Kier alpha value is -2.49. The fourth-order valence-electron chi connectivity index (χ4n) is 3.84. The Bertz CT molecular complexity index is 1030. The first-order chi connectivity index (χ1) is 14.7. The lowest BCUT2D eigenvalue weighted by atomic mass is 10.1. The van der Waals surface area contributed by atoms with Crippen LogP contribution in [0.2, 0.25) is 0 Å². The zero-order chi connectivity index (χ0) is 20.9. The van der Waals surface area contributed by atoms with Gasteiger partial charge in [-0.25, -0.2) is 13.8 Å². The highest BCUT2D eigenvalue weighted by Gasteiger charge is 2.27. The van der Waals surface area contributed by atoms with Gasteiger partial charge in [-0.1, -0.05) is 24.3 Å². The molecule has 8 heteroatoms. The topological polar surface area (TPSA) is 52.6 Å². The van der Waals surface area contributed by atoms with E-state index >= 15 is 0 Å². The fraction of sp³-hybridized carbons (Fsp3) is 0.304. The summed E-state index contributed by atoms with van der Waals surface area (Å²) in [5.74, 6) is -0.360. The van der Waals surface area contributed by atoms with Crippen molar-refractivity contribution in [3.05, 3.63) is 71.9 Å². The van der Waals surface area contributed by atoms with Crippen molar-refractivity contribution in [1.29, 1.82) is 0 Å². The van der Waals surface area contributed by atoms with Crippen LogP contribution in [0.5, 0.6) is 0 Å². The number of rotatable bonds is 5. The first-order valence-electron chi connectivity index (χ1n) is 10.2. The number of aromatic nitrogens is 1. The summed E-state index contributed by atoms with van der Waals surface area (Å²) in [6, 6.07) is 14.0. The minimum atomic E-state index is -0.527. The van der Waals surface area contributed by atoms with Crippen molar-refractivity contribution in [3.8, 4) is 0 Å². The molecule has 0 bridgehead atoms. The molecular formula is C23H26F2IN5. The maximum atomic E-state index is 14.1. The van der Waals surface area contributed by atoms with Crippen molar-refractivity contribution in [2.45, 2.75) is 25.9 Å². The molecule has 31 heavy (non-hydrogen) atoms. The van der Waals surface area contributed by atoms with Gasteiger partial charge in [0, 0.05) is 37.3 Å². The number of halogens is 3. The van der Waals surface area contributed by atoms with E-state index in [9.17, 15) is 8.78 Å². The number of nitrogens with zero attached hydrogens (tertiary/aromatic N) is 3. The molecule has 2 N–H and O–H groups in total.